The molecule has 0 aromatic heterocycles. The fraction of sp³-hybridized carbons (Fsp3) is 0.286. The van der Waals surface area contributed by atoms with Gasteiger partial charge in [-0.2, -0.15) is 10.1 Å². The van der Waals surface area contributed by atoms with E-state index < -0.39 is 4.92 Å². The fourth-order valence-electron chi connectivity index (χ4n) is 2.04. The third-order valence-electron chi connectivity index (χ3n) is 3.36. The molecule has 21 heavy (non-hydrogen) atoms. The van der Waals surface area contributed by atoms with Crippen LogP contribution in [-0.2, 0) is 4.79 Å². The minimum atomic E-state index is -0.481. The molecule has 0 saturated carbocycles. The summed E-state index contributed by atoms with van der Waals surface area (Å²) in [6, 6.07) is 5.74. The molecule has 0 aliphatic carbocycles. The third-order valence-corrected chi connectivity index (χ3v) is 3.36. The Kier molecular flexibility index (Phi) is 3.75. The second-order valence-corrected chi connectivity index (χ2v) is 4.93. The first-order valence-electron chi connectivity index (χ1n) is 6.35. The first-order valence-corrected chi connectivity index (χ1v) is 6.35. The van der Waals surface area contributed by atoms with E-state index in [1.807, 2.05) is 25.9 Å². The Morgan fingerprint density at radius 1 is 1.29 bits per heavy atom. The Labute approximate surface area is 122 Å². The second kappa shape index (κ2) is 5.35. The molecule has 0 fully saturated rings. The van der Waals surface area contributed by atoms with Crippen LogP contribution in [0.2, 0.25) is 0 Å². The molecule has 1 aliphatic heterocycles. The van der Waals surface area contributed by atoms with Gasteiger partial charge in [0.05, 0.1) is 21.9 Å². The Hall–Kier alpha value is -2.70. The molecule has 0 bridgehead atoms. The van der Waals surface area contributed by atoms with E-state index in [0.29, 0.717) is 17.0 Å². The van der Waals surface area contributed by atoms with Crippen molar-refractivity contribution in [2.75, 3.05) is 19.1 Å². The third kappa shape index (κ3) is 2.62. The molecule has 2 rings (SSSR count). The van der Waals surface area contributed by atoms with E-state index in [1.54, 1.807) is 6.92 Å². The van der Waals surface area contributed by atoms with Crippen LogP contribution in [0.15, 0.2) is 40.6 Å². The molecule has 0 radical (unpaired) electrons. The molecule has 0 unspecified atom stereocenters. The number of carbonyl (C=O) groups is 1. The van der Waals surface area contributed by atoms with Gasteiger partial charge in [-0.1, -0.05) is 0 Å². The number of non-ortho nitro benzene ring substituents is 1. The highest BCUT2D eigenvalue weighted by molar-refractivity contribution is 6.30. The van der Waals surface area contributed by atoms with E-state index in [-0.39, 0.29) is 11.6 Å². The lowest BCUT2D eigenvalue weighted by molar-refractivity contribution is -0.384. The molecular weight excluding hydrogens is 272 g/mol. The molecule has 0 N–H and O–H groups in total. The average molecular weight is 288 g/mol. The molecule has 7 nitrogen and oxygen atoms in total. The number of hydrazone groups is 1. The minimum absolute atomic E-state index is 0.0219. The molecule has 0 saturated heterocycles. The van der Waals surface area contributed by atoms with Gasteiger partial charge in [-0.05, 0) is 26.0 Å². The molecule has 1 aromatic rings. The van der Waals surface area contributed by atoms with Crippen molar-refractivity contribution >= 4 is 23.0 Å². The highest BCUT2D eigenvalue weighted by atomic mass is 16.6. The van der Waals surface area contributed by atoms with Gasteiger partial charge in [-0.15, -0.1) is 0 Å². The first kappa shape index (κ1) is 14.7. The molecule has 1 heterocycles. The van der Waals surface area contributed by atoms with Crippen molar-refractivity contribution < 1.29 is 9.72 Å². The van der Waals surface area contributed by atoms with Crippen LogP contribution in [0, 0.1) is 10.1 Å². The van der Waals surface area contributed by atoms with E-state index in [1.165, 1.54) is 29.3 Å². The number of amides is 1. The van der Waals surface area contributed by atoms with E-state index in [0.717, 1.165) is 5.70 Å². The maximum absolute atomic E-state index is 12.5. The first-order chi connectivity index (χ1) is 9.82. The van der Waals surface area contributed by atoms with Gasteiger partial charge in [-0.3, -0.25) is 14.9 Å². The van der Waals surface area contributed by atoms with Crippen molar-refractivity contribution in [3.63, 3.8) is 0 Å². The van der Waals surface area contributed by atoms with E-state index in [2.05, 4.69) is 5.10 Å². The zero-order valence-corrected chi connectivity index (χ0v) is 12.3. The van der Waals surface area contributed by atoms with Gasteiger partial charge >= 0.3 is 0 Å². The van der Waals surface area contributed by atoms with Crippen LogP contribution in [0.1, 0.15) is 13.8 Å². The number of carbonyl (C=O) groups excluding carboxylic acids is 1. The second-order valence-electron chi connectivity index (χ2n) is 4.93. The van der Waals surface area contributed by atoms with Crippen molar-refractivity contribution in [2.24, 2.45) is 5.10 Å². The number of anilines is 1. The van der Waals surface area contributed by atoms with Crippen molar-refractivity contribution in [1.29, 1.82) is 0 Å². The van der Waals surface area contributed by atoms with Gasteiger partial charge in [0.1, 0.15) is 0 Å². The smallest absolute Gasteiger partial charge is 0.282 e. The quantitative estimate of drug-likeness (QED) is 0.485. The van der Waals surface area contributed by atoms with Crippen LogP contribution in [0.25, 0.3) is 0 Å². The summed E-state index contributed by atoms with van der Waals surface area (Å²) < 4.78 is 0. The standard InChI is InChI=1S/C14H16N4O3/c1-9-13(10(2)16(3)4)14(19)17(15-9)11-5-7-12(8-6-11)18(20)21/h5-8H,1-4H3/b13-10+. The molecular formula is C14H16N4O3. The van der Waals surface area contributed by atoms with Gasteiger partial charge in [0.2, 0.25) is 0 Å². The summed E-state index contributed by atoms with van der Waals surface area (Å²) in [5.74, 6) is -0.229. The number of hydrogen-bond acceptors (Lipinski definition) is 5. The Morgan fingerprint density at radius 3 is 2.33 bits per heavy atom. The fourth-order valence-corrected chi connectivity index (χ4v) is 2.04. The minimum Gasteiger partial charge on any atom is -0.380 e. The predicted molar refractivity (Wildman–Crippen MR) is 80.1 cm³/mol. The zero-order valence-electron chi connectivity index (χ0n) is 12.3. The summed E-state index contributed by atoms with van der Waals surface area (Å²) in [5, 5.41) is 16.2. The normalized spacial score (nSPS) is 16.9. The van der Waals surface area contributed by atoms with Crippen molar-refractivity contribution in [3.05, 3.63) is 45.6 Å². The Bertz CT molecular complexity index is 659. The molecule has 1 amide bonds. The van der Waals surface area contributed by atoms with Gasteiger partial charge in [-0.25, -0.2) is 0 Å². The van der Waals surface area contributed by atoms with Crippen molar-refractivity contribution in [1.82, 2.24) is 4.90 Å². The van der Waals surface area contributed by atoms with Crippen LogP contribution in [-0.4, -0.2) is 35.5 Å². The average Bonchev–Trinajstić information content (AvgIpc) is 2.73. The van der Waals surface area contributed by atoms with Crippen LogP contribution in [0.3, 0.4) is 0 Å². The molecule has 0 atom stereocenters. The number of rotatable bonds is 3. The summed E-state index contributed by atoms with van der Waals surface area (Å²) >= 11 is 0. The number of nitrogens with zero attached hydrogens (tertiary/aromatic N) is 4. The lowest BCUT2D eigenvalue weighted by Crippen LogP contribution is -2.24. The predicted octanol–water partition coefficient (Wildman–Crippen LogP) is 2.15. The largest absolute Gasteiger partial charge is 0.380 e. The van der Waals surface area contributed by atoms with E-state index >= 15 is 0 Å². The highest BCUT2D eigenvalue weighted by Crippen LogP contribution is 2.27. The molecule has 1 aliphatic rings. The Morgan fingerprint density at radius 2 is 1.86 bits per heavy atom. The van der Waals surface area contributed by atoms with Crippen LogP contribution >= 0.6 is 0 Å². The number of nitro groups is 1. The monoisotopic (exact) mass is 288 g/mol. The molecule has 7 heteroatoms. The summed E-state index contributed by atoms with van der Waals surface area (Å²) in [4.78, 5) is 24.5. The molecule has 1 aromatic carbocycles. The van der Waals surface area contributed by atoms with E-state index in [9.17, 15) is 14.9 Å². The molecule has 0 spiro atoms. The van der Waals surface area contributed by atoms with Crippen molar-refractivity contribution in [2.45, 2.75) is 13.8 Å². The number of nitro benzene ring substituents is 1. The van der Waals surface area contributed by atoms with Crippen LogP contribution < -0.4 is 5.01 Å². The Balaban J connectivity index is 2.38. The maximum atomic E-state index is 12.5. The summed E-state index contributed by atoms with van der Waals surface area (Å²) in [6.07, 6.45) is 0. The van der Waals surface area contributed by atoms with Gasteiger partial charge in [0.15, 0.2) is 0 Å². The van der Waals surface area contributed by atoms with E-state index in [4.69, 9.17) is 0 Å². The summed E-state index contributed by atoms with van der Waals surface area (Å²) in [6.45, 7) is 3.62. The van der Waals surface area contributed by atoms with Crippen molar-refractivity contribution in [3.8, 4) is 0 Å². The number of benzene rings is 1. The topological polar surface area (TPSA) is 79.0 Å². The van der Waals surface area contributed by atoms with Gasteiger partial charge in [0.25, 0.3) is 11.6 Å². The van der Waals surface area contributed by atoms with Gasteiger partial charge in [0, 0.05) is 31.9 Å². The lowest BCUT2D eigenvalue weighted by Gasteiger charge is -2.16. The van der Waals surface area contributed by atoms with Crippen LogP contribution in [0.4, 0.5) is 11.4 Å². The SMILES string of the molecule is CC1=NN(c2ccc([N+](=O)[O-])cc2)C(=O)/C1=C(\C)N(C)C. The number of hydrogen-bond donors (Lipinski definition) is 0. The summed E-state index contributed by atoms with van der Waals surface area (Å²) in [7, 11) is 3.72. The van der Waals surface area contributed by atoms with Gasteiger partial charge < -0.3 is 4.90 Å². The maximum Gasteiger partial charge on any atom is 0.282 e. The molecule has 110 valence electrons. The highest BCUT2D eigenvalue weighted by Gasteiger charge is 2.31. The lowest BCUT2D eigenvalue weighted by atomic mass is 10.1. The van der Waals surface area contributed by atoms with Crippen LogP contribution in [0.5, 0.6) is 0 Å². The zero-order chi connectivity index (χ0) is 15.7. The summed E-state index contributed by atoms with van der Waals surface area (Å²) in [5.41, 5.74) is 2.49. The number of allylic oxidation sites excluding steroid dienone is 1.